The maximum Gasteiger partial charge on any atom is 0.295 e. The van der Waals surface area contributed by atoms with Crippen LogP contribution in [0.2, 0.25) is 10.0 Å². The highest BCUT2D eigenvalue weighted by atomic mass is 35.5. The lowest BCUT2D eigenvalue weighted by Gasteiger charge is -2.19. The molecule has 0 bridgehead atoms. The number of hydrogen-bond acceptors (Lipinski definition) is 3. The first-order valence-corrected chi connectivity index (χ1v) is 6.28. The molecule has 0 aliphatic carbocycles. The molecule has 0 N–H and O–H groups in total. The number of hydrogen-bond donors (Lipinski definition) is 0. The van der Waals surface area contributed by atoms with Crippen molar-refractivity contribution in [1.29, 1.82) is 0 Å². The molecular formula is C13H9Cl2FN2O2. The average molecular weight is 315 g/mol. The van der Waals surface area contributed by atoms with Crippen molar-refractivity contribution >= 4 is 40.3 Å². The van der Waals surface area contributed by atoms with Crippen molar-refractivity contribution in [2.24, 2.45) is 0 Å². The third kappa shape index (κ3) is 2.84. The van der Waals surface area contributed by atoms with E-state index in [9.17, 15) is 14.5 Å². The molecule has 0 heterocycles. The largest absolute Gasteiger partial charge is 0.339 e. The Bertz CT molecular complexity index is 679. The summed E-state index contributed by atoms with van der Waals surface area (Å²) in [7, 11) is 1.62. The van der Waals surface area contributed by atoms with Gasteiger partial charge in [-0.05, 0) is 30.3 Å². The van der Waals surface area contributed by atoms with Crippen molar-refractivity contribution in [3.8, 4) is 0 Å². The SMILES string of the molecule is CN(c1ccc(Cl)c(Cl)c1)c1ccc(F)cc1[N+](=O)[O-]. The third-order valence-corrected chi connectivity index (χ3v) is 3.53. The minimum atomic E-state index is -0.664. The lowest BCUT2D eigenvalue weighted by Crippen LogP contribution is -2.11. The van der Waals surface area contributed by atoms with Crippen LogP contribution >= 0.6 is 23.2 Å². The monoisotopic (exact) mass is 314 g/mol. The Hall–Kier alpha value is -1.85. The molecular weight excluding hydrogens is 306 g/mol. The predicted molar refractivity (Wildman–Crippen MR) is 77.6 cm³/mol. The highest BCUT2D eigenvalue weighted by Gasteiger charge is 2.19. The van der Waals surface area contributed by atoms with E-state index in [0.717, 1.165) is 12.1 Å². The van der Waals surface area contributed by atoms with Crippen molar-refractivity contribution < 1.29 is 9.31 Å². The molecule has 0 saturated carbocycles. The van der Waals surface area contributed by atoms with E-state index in [4.69, 9.17) is 23.2 Å². The molecule has 104 valence electrons. The fourth-order valence-corrected chi connectivity index (χ4v) is 2.05. The Morgan fingerprint density at radius 3 is 2.45 bits per heavy atom. The van der Waals surface area contributed by atoms with Crippen LogP contribution in [-0.2, 0) is 0 Å². The smallest absolute Gasteiger partial charge is 0.295 e. The summed E-state index contributed by atoms with van der Waals surface area (Å²) in [6.07, 6.45) is 0. The first-order valence-electron chi connectivity index (χ1n) is 5.53. The molecule has 0 unspecified atom stereocenters. The van der Waals surface area contributed by atoms with Crippen LogP contribution in [0.5, 0.6) is 0 Å². The molecule has 0 spiro atoms. The van der Waals surface area contributed by atoms with E-state index in [1.165, 1.54) is 6.07 Å². The van der Waals surface area contributed by atoms with Gasteiger partial charge in [-0.3, -0.25) is 10.1 Å². The highest BCUT2D eigenvalue weighted by molar-refractivity contribution is 6.42. The summed E-state index contributed by atoms with van der Waals surface area (Å²) in [5.74, 6) is -0.664. The summed E-state index contributed by atoms with van der Waals surface area (Å²) in [6, 6.07) is 8.22. The number of rotatable bonds is 3. The highest BCUT2D eigenvalue weighted by Crippen LogP contribution is 2.35. The minimum absolute atomic E-state index is 0.259. The number of benzene rings is 2. The van der Waals surface area contributed by atoms with Crippen LogP contribution in [0.15, 0.2) is 36.4 Å². The van der Waals surface area contributed by atoms with Gasteiger partial charge in [-0.2, -0.15) is 0 Å². The minimum Gasteiger partial charge on any atom is -0.339 e. The Morgan fingerprint density at radius 2 is 1.85 bits per heavy atom. The maximum absolute atomic E-state index is 13.1. The number of nitro benzene ring substituents is 1. The van der Waals surface area contributed by atoms with Gasteiger partial charge in [0.15, 0.2) is 0 Å². The van der Waals surface area contributed by atoms with Gasteiger partial charge in [0.2, 0.25) is 0 Å². The van der Waals surface area contributed by atoms with Crippen LogP contribution in [0.3, 0.4) is 0 Å². The zero-order valence-corrected chi connectivity index (χ0v) is 11.8. The van der Waals surface area contributed by atoms with E-state index in [0.29, 0.717) is 15.7 Å². The molecule has 0 radical (unpaired) electrons. The van der Waals surface area contributed by atoms with Gasteiger partial charge in [0.25, 0.3) is 5.69 Å². The normalized spacial score (nSPS) is 10.4. The van der Waals surface area contributed by atoms with Gasteiger partial charge in [-0.25, -0.2) is 4.39 Å². The molecule has 4 nitrogen and oxygen atoms in total. The summed E-state index contributed by atoms with van der Waals surface area (Å²) in [6.45, 7) is 0. The fourth-order valence-electron chi connectivity index (χ4n) is 1.76. The van der Waals surface area contributed by atoms with Crippen molar-refractivity contribution in [2.45, 2.75) is 0 Å². The quantitative estimate of drug-likeness (QED) is 0.603. The van der Waals surface area contributed by atoms with E-state index in [2.05, 4.69) is 0 Å². The molecule has 0 amide bonds. The summed E-state index contributed by atoms with van der Waals surface area (Å²) < 4.78 is 13.1. The Morgan fingerprint density at radius 1 is 1.15 bits per heavy atom. The van der Waals surface area contributed by atoms with E-state index in [1.807, 2.05) is 0 Å². The van der Waals surface area contributed by atoms with Crippen molar-refractivity contribution in [3.05, 3.63) is 62.4 Å². The van der Waals surface area contributed by atoms with Gasteiger partial charge in [-0.1, -0.05) is 23.2 Å². The first-order chi connectivity index (χ1) is 9.40. The first kappa shape index (κ1) is 14.6. The lowest BCUT2D eigenvalue weighted by molar-refractivity contribution is -0.384. The third-order valence-electron chi connectivity index (χ3n) is 2.79. The molecule has 0 fully saturated rings. The van der Waals surface area contributed by atoms with E-state index in [-0.39, 0.29) is 11.4 Å². The standard InChI is InChI=1S/C13H9Cl2FN2O2/c1-17(9-3-4-10(14)11(15)7-9)12-5-2-8(16)6-13(12)18(19)20/h2-7H,1H3. The van der Waals surface area contributed by atoms with Crippen LogP contribution in [0.1, 0.15) is 0 Å². The molecule has 2 aromatic rings. The summed E-state index contributed by atoms with van der Waals surface area (Å²) in [4.78, 5) is 11.9. The second-order valence-corrected chi connectivity index (χ2v) is 4.86. The number of anilines is 2. The lowest BCUT2D eigenvalue weighted by atomic mass is 10.2. The summed E-state index contributed by atoms with van der Waals surface area (Å²) >= 11 is 11.7. The van der Waals surface area contributed by atoms with Gasteiger partial charge >= 0.3 is 0 Å². The summed E-state index contributed by atoms with van der Waals surface area (Å²) in [5.41, 5.74) is 0.544. The van der Waals surface area contributed by atoms with Gasteiger partial charge in [0.1, 0.15) is 11.5 Å². The van der Waals surface area contributed by atoms with Crippen LogP contribution in [0.4, 0.5) is 21.5 Å². The maximum atomic E-state index is 13.1. The number of halogens is 3. The van der Waals surface area contributed by atoms with Crippen LogP contribution in [0.25, 0.3) is 0 Å². The number of nitro groups is 1. The average Bonchev–Trinajstić information content (AvgIpc) is 2.41. The van der Waals surface area contributed by atoms with Crippen molar-refractivity contribution in [1.82, 2.24) is 0 Å². The van der Waals surface area contributed by atoms with Crippen molar-refractivity contribution in [2.75, 3.05) is 11.9 Å². The van der Waals surface area contributed by atoms with Crippen LogP contribution < -0.4 is 4.90 Å². The molecule has 0 aliphatic rings. The zero-order valence-electron chi connectivity index (χ0n) is 10.3. The molecule has 2 aromatic carbocycles. The molecule has 2 rings (SSSR count). The van der Waals surface area contributed by atoms with Gasteiger partial charge in [0.05, 0.1) is 21.0 Å². The molecule has 20 heavy (non-hydrogen) atoms. The van der Waals surface area contributed by atoms with Gasteiger partial charge in [-0.15, -0.1) is 0 Å². The van der Waals surface area contributed by atoms with E-state index < -0.39 is 10.7 Å². The molecule has 0 saturated heterocycles. The van der Waals surface area contributed by atoms with Crippen molar-refractivity contribution in [3.63, 3.8) is 0 Å². The van der Waals surface area contributed by atoms with Gasteiger partial charge < -0.3 is 4.90 Å². The Labute approximate surface area is 124 Å². The Balaban J connectivity index is 2.50. The second kappa shape index (κ2) is 5.64. The second-order valence-electron chi connectivity index (χ2n) is 4.05. The molecule has 7 heteroatoms. The number of nitrogens with zero attached hydrogens (tertiary/aromatic N) is 2. The molecule has 0 atom stereocenters. The topological polar surface area (TPSA) is 46.4 Å². The molecule has 0 aliphatic heterocycles. The fraction of sp³-hybridized carbons (Fsp3) is 0.0769. The zero-order chi connectivity index (χ0) is 14.9. The van der Waals surface area contributed by atoms with Crippen LogP contribution in [0, 0.1) is 15.9 Å². The Kier molecular flexibility index (Phi) is 4.11. The van der Waals surface area contributed by atoms with Crippen LogP contribution in [-0.4, -0.2) is 12.0 Å². The predicted octanol–water partition coefficient (Wildman–Crippen LogP) is 4.81. The van der Waals surface area contributed by atoms with Gasteiger partial charge in [0, 0.05) is 12.7 Å². The molecule has 0 aromatic heterocycles. The van der Waals surface area contributed by atoms with E-state index >= 15 is 0 Å². The summed E-state index contributed by atoms with van der Waals surface area (Å²) in [5, 5.41) is 11.7. The van der Waals surface area contributed by atoms with E-state index in [1.54, 1.807) is 30.1 Å².